The largest absolute Gasteiger partial charge is 0.382 e. The third kappa shape index (κ3) is 3.56. The summed E-state index contributed by atoms with van der Waals surface area (Å²) in [6, 6.07) is 5.10. The molecule has 0 radical (unpaired) electrons. The summed E-state index contributed by atoms with van der Waals surface area (Å²) >= 11 is 12.3. The monoisotopic (exact) mass is 373 g/mol. The second-order valence-corrected chi connectivity index (χ2v) is 6.01. The molecule has 9 heteroatoms. The van der Waals surface area contributed by atoms with E-state index in [2.05, 4.69) is 10.1 Å². The van der Waals surface area contributed by atoms with E-state index in [1.54, 1.807) is 25.3 Å². The van der Waals surface area contributed by atoms with Crippen molar-refractivity contribution in [1.82, 2.24) is 14.8 Å². The fourth-order valence-corrected chi connectivity index (χ4v) is 2.96. The zero-order valence-electron chi connectivity index (χ0n) is 13.0. The summed E-state index contributed by atoms with van der Waals surface area (Å²) < 4.78 is 24.0. The number of hydrogen-bond acceptors (Lipinski definition) is 6. The van der Waals surface area contributed by atoms with Crippen molar-refractivity contribution >= 4 is 23.2 Å². The van der Waals surface area contributed by atoms with Crippen molar-refractivity contribution in [3.05, 3.63) is 46.5 Å². The molecule has 0 bridgehead atoms. The van der Waals surface area contributed by atoms with Gasteiger partial charge in [0.25, 0.3) is 0 Å². The van der Waals surface area contributed by atoms with Crippen molar-refractivity contribution in [2.45, 2.75) is 12.0 Å². The average molecular weight is 374 g/mol. The maximum Gasteiger partial charge on any atom is 0.302 e. The predicted molar refractivity (Wildman–Crippen MR) is 87.1 cm³/mol. The Bertz CT molecular complexity index is 671. The zero-order valence-corrected chi connectivity index (χ0v) is 14.5. The summed E-state index contributed by atoms with van der Waals surface area (Å²) in [5, 5.41) is 5.10. The van der Waals surface area contributed by atoms with Gasteiger partial charge in [-0.05, 0) is 18.2 Å². The molecule has 0 aliphatic carbocycles. The summed E-state index contributed by atoms with van der Waals surface area (Å²) in [6.07, 6.45) is 2.64. The second-order valence-electron chi connectivity index (χ2n) is 5.16. The van der Waals surface area contributed by atoms with E-state index in [9.17, 15) is 0 Å². The third-order valence-electron chi connectivity index (χ3n) is 3.52. The van der Waals surface area contributed by atoms with Crippen LogP contribution in [-0.2, 0) is 24.9 Å². The van der Waals surface area contributed by atoms with Crippen molar-refractivity contribution < 1.29 is 18.9 Å². The lowest BCUT2D eigenvalue weighted by Gasteiger charge is -2.28. The van der Waals surface area contributed by atoms with E-state index < -0.39 is 5.91 Å². The maximum atomic E-state index is 6.36. The molecule has 7 nitrogen and oxygen atoms in total. The molecule has 1 aliphatic heterocycles. The van der Waals surface area contributed by atoms with Gasteiger partial charge in [0, 0.05) is 12.1 Å². The van der Waals surface area contributed by atoms with Gasteiger partial charge in [-0.3, -0.25) is 0 Å². The van der Waals surface area contributed by atoms with Crippen LogP contribution in [0.1, 0.15) is 5.56 Å². The van der Waals surface area contributed by atoms with E-state index in [0.717, 1.165) is 0 Å². The van der Waals surface area contributed by atoms with Crippen LogP contribution in [0.5, 0.6) is 0 Å². The van der Waals surface area contributed by atoms with E-state index >= 15 is 0 Å². The fourth-order valence-electron chi connectivity index (χ4n) is 2.43. The molecule has 3 rings (SSSR count). The summed E-state index contributed by atoms with van der Waals surface area (Å²) in [7, 11) is 1.62. The molecule has 0 amide bonds. The summed E-state index contributed by atoms with van der Waals surface area (Å²) in [5.74, 6) is -1.30. The van der Waals surface area contributed by atoms with Gasteiger partial charge in [0.2, 0.25) is 0 Å². The number of ether oxygens (including phenoxy) is 4. The Morgan fingerprint density at radius 3 is 2.96 bits per heavy atom. The van der Waals surface area contributed by atoms with Gasteiger partial charge in [0.05, 0.1) is 37.0 Å². The van der Waals surface area contributed by atoms with Crippen LogP contribution < -0.4 is 0 Å². The Morgan fingerprint density at radius 2 is 2.25 bits per heavy atom. The van der Waals surface area contributed by atoms with Gasteiger partial charge in [-0.15, -0.1) is 0 Å². The number of methoxy groups -OCH3 is 1. The molecule has 0 spiro atoms. The highest BCUT2D eigenvalue weighted by atomic mass is 35.5. The van der Waals surface area contributed by atoms with Crippen LogP contribution in [-0.4, -0.2) is 54.4 Å². The number of aromatic nitrogens is 3. The fraction of sp³-hybridized carbons (Fsp3) is 0.467. The molecule has 1 aromatic carbocycles. The number of benzene rings is 1. The molecule has 0 N–H and O–H groups in total. The first-order valence-electron chi connectivity index (χ1n) is 7.35. The summed E-state index contributed by atoms with van der Waals surface area (Å²) in [5.41, 5.74) is 0.596. The van der Waals surface area contributed by atoms with E-state index in [1.165, 1.54) is 17.3 Å². The standard InChI is InChI=1S/C15H17Cl2N3O4/c1-21-4-5-22-7-12-8-23-15(24-12,20-10-18-9-19-20)13-3-2-11(16)6-14(13)17/h2-3,6,9-10,12H,4-5,7-8H2,1H3. The Balaban J connectivity index is 1.84. The van der Waals surface area contributed by atoms with Gasteiger partial charge in [0.15, 0.2) is 0 Å². The number of nitrogens with zero attached hydrogens (tertiary/aromatic N) is 3. The molecule has 1 fully saturated rings. The van der Waals surface area contributed by atoms with Gasteiger partial charge in [-0.1, -0.05) is 23.2 Å². The Morgan fingerprint density at radius 1 is 1.38 bits per heavy atom. The minimum absolute atomic E-state index is 0.280. The lowest BCUT2D eigenvalue weighted by Crippen LogP contribution is -2.38. The zero-order chi connectivity index (χ0) is 17.0. The predicted octanol–water partition coefficient (Wildman–Crippen LogP) is 2.32. The van der Waals surface area contributed by atoms with Crippen molar-refractivity contribution in [1.29, 1.82) is 0 Å². The van der Waals surface area contributed by atoms with E-state index in [-0.39, 0.29) is 6.10 Å². The molecular formula is C15H17Cl2N3O4. The first kappa shape index (κ1) is 17.6. The highest BCUT2D eigenvalue weighted by molar-refractivity contribution is 6.35. The maximum absolute atomic E-state index is 6.36. The molecule has 1 aromatic heterocycles. The lowest BCUT2D eigenvalue weighted by atomic mass is 10.1. The van der Waals surface area contributed by atoms with E-state index in [0.29, 0.717) is 42.0 Å². The molecule has 130 valence electrons. The first-order chi connectivity index (χ1) is 11.7. The van der Waals surface area contributed by atoms with E-state index in [1.807, 2.05) is 0 Å². The molecule has 24 heavy (non-hydrogen) atoms. The number of halogens is 2. The van der Waals surface area contributed by atoms with Crippen LogP contribution in [0.3, 0.4) is 0 Å². The van der Waals surface area contributed by atoms with E-state index in [4.69, 9.17) is 42.1 Å². The molecule has 1 saturated heterocycles. The first-order valence-corrected chi connectivity index (χ1v) is 8.10. The van der Waals surface area contributed by atoms with Crippen LogP contribution in [0.25, 0.3) is 0 Å². The Kier molecular flexibility index (Phi) is 5.70. The van der Waals surface area contributed by atoms with Gasteiger partial charge in [0.1, 0.15) is 18.8 Å². The molecule has 0 saturated carbocycles. The van der Waals surface area contributed by atoms with Gasteiger partial charge in [-0.25, -0.2) is 4.98 Å². The third-order valence-corrected chi connectivity index (χ3v) is 4.07. The number of rotatable bonds is 7. The number of hydrogen-bond donors (Lipinski definition) is 0. The Hall–Kier alpha value is -1.22. The van der Waals surface area contributed by atoms with Gasteiger partial charge >= 0.3 is 5.91 Å². The van der Waals surface area contributed by atoms with Crippen LogP contribution >= 0.6 is 23.2 Å². The molecule has 2 aromatic rings. The van der Waals surface area contributed by atoms with Crippen LogP contribution in [0, 0.1) is 0 Å². The van der Waals surface area contributed by atoms with Crippen LogP contribution in [0.15, 0.2) is 30.9 Å². The molecule has 2 heterocycles. The average Bonchev–Trinajstić information content (AvgIpc) is 3.22. The molecule has 2 atom stereocenters. The normalized spacial score (nSPS) is 23.7. The molecule has 2 unspecified atom stereocenters. The van der Waals surface area contributed by atoms with Crippen LogP contribution in [0.2, 0.25) is 10.0 Å². The second kappa shape index (κ2) is 7.77. The SMILES string of the molecule is COCCOCC1COC(c2ccc(Cl)cc2Cl)(n2cncn2)O1. The smallest absolute Gasteiger partial charge is 0.302 e. The highest BCUT2D eigenvalue weighted by Crippen LogP contribution is 2.39. The quantitative estimate of drug-likeness (QED) is 0.693. The minimum atomic E-state index is -1.30. The van der Waals surface area contributed by atoms with Crippen LogP contribution in [0.4, 0.5) is 0 Å². The molecular weight excluding hydrogens is 357 g/mol. The lowest BCUT2D eigenvalue weighted by molar-refractivity contribution is -0.210. The van der Waals surface area contributed by atoms with Crippen molar-refractivity contribution in [3.8, 4) is 0 Å². The Labute approximate surface area is 149 Å². The highest BCUT2D eigenvalue weighted by Gasteiger charge is 2.47. The summed E-state index contributed by atoms with van der Waals surface area (Å²) in [4.78, 5) is 3.97. The molecule has 1 aliphatic rings. The topological polar surface area (TPSA) is 67.6 Å². The van der Waals surface area contributed by atoms with Gasteiger partial charge in [-0.2, -0.15) is 9.78 Å². The summed E-state index contributed by atoms with van der Waals surface area (Å²) in [6.45, 7) is 1.69. The minimum Gasteiger partial charge on any atom is -0.382 e. The van der Waals surface area contributed by atoms with Crippen molar-refractivity contribution in [2.75, 3.05) is 33.5 Å². The van der Waals surface area contributed by atoms with Crippen molar-refractivity contribution in [2.24, 2.45) is 0 Å². The van der Waals surface area contributed by atoms with Crippen molar-refractivity contribution in [3.63, 3.8) is 0 Å². The van der Waals surface area contributed by atoms with Gasteiger partial charge < -0.3 is 18.9 Å².